The topological polar surface area (TPSA) is 62.3 Å². The summed E-state index contributed by atoms with van der Waals surface area (Å²) in [6.45, 7) is 3.24. The lowest BCUT2D eigenvalue weighted by molar-refractivity contribution is 0.152. The first kappa shape index (κ1) is 12.2. The number of amidine groups is 1. The maximum atomic E-state index is 7.61. The van der Waals surface area contributed by atoms with Gasteiger partial charge in [0.25, 0.3) is 0 Å². The maximum absolute atomic E-state index is 7.61. The number of nitrogens with zero attached hydrogens (tertiary/aromatic N) is 1. The van der Waals surface area contributed by atoms with Gasteiger partial charge in [0.1, 0.15) is 5.84 Å². The zero-order chi connectivity index (χ0) is 12.3. The Morgan fingerprint density at radius 2 is 2.18 bits per heavy atom. The second-order valence-electron chi connectivity index (χ2n) is 4.03. The highest BCUT2D eigenvalue weighted by Crippen LogP contribution is 2.24. The molecule has 1 aromatic carbocycles. The number of hydrogen-bond donors (Lipinski definition) is 2. The average Bonchev–Trinajstić information content (AvgIpc) is 2.57. The van der Waals surface area contributed by atoms with Crippen molar-refractivity contribution in [2.45, 2.75) is 6.42 Å². The van der Waals surface area contributed by atoms with Crippen LogP contribution >= 0.6 is 11.6 Å². The van der Waals surface area contributed by atoms with Gasteiger partial charge in [-0.15, -0.1) is 0 Å². The molecule has 1 heterocycles. The number of halogens is 1. The molecule has 0 radical (unpaired) electrons. The molecule has 5 heteroatoms. The molecule has 1 aromatic rings. The van der Waals surface area contributed by atoms with Gasteiger partial charge in [0.2, 0.25) is 0 Å². The van der Waals surface area contributed by atoms with Crippen molar-refractivity contribution in [2.24, 2.45) is 5.73 Å². The normalized spacial score (nSPS) is 16.6. The van der Waals surface area contributed by atoms with Crippen LogP contribution in [-0.2, 0) is 4.74 Å². The molecule has 4 nitrogen and oxygen atoms in total. The molecule has 92 valence electrons. The van der Waals surface area contributed by atoms with E-state index in [2.05, 4.69) is 4.90 Å². The van der Waals surface area contributed by atoms with E-state index >= 15 is 0 Å². The van der Waals surface area contributed by atoms with Crippen LogP contribution in [0.4, 0.5) is 5.69 Å². The van der Waals surface area contributed by atoms with Gasteiger partial charge in [-0.05, 0) is 24.6 Å². The SMILES string of the molecule is N=C(N)c1cc(Cl)ccc1N1CCCOCC1. The molecular weight excluding hydrogens is 238 g/mol. The molecular formula is C12H16ClN3O. The third-order valence-electron chi connectivity index (χ3n) is 2.81. The van der Waals surface area contributed by atoms with Gasteiger partial charge in [-0.3, -0.25) is 5.41 Å². The first-order valence-corrected chi connectivity index (χ1v) is 6.03. The third kappa shape index (κ3) is 2.90. The van der Waals surface area contributed by atoms with Gasteiger partial charge in [-0.1, -0.05) is 11.6 Å². The second kappa shape index (κ2) is 5.38. The zero-order valence-electron chi connectivity index (χ0n) is 9.58. The van der Waals surface area contributed by atoms with Gasteiger partial charge in [0, 0.05) is 36.0 Å². The summed E-state index contributed by atoms with van der Waals surface area (Å²) in [5, 5.41) is 8.21. The number of benzene rings is 1. The van der Waals surface area contributed by atoms with E-state index < -0.39 is 0 Å². The Morgan fingerprint density at radius 3 is 2.94 bits per heavy atom. The first-order chi connectivity index (χ1) is 8.18. The average molecular weight is 254 g/mol. The minimum atomic E-state index is 0.0488. The highest BCUT2D eigenvalue weighted by Gasteiger charge is 2.15. The van der Waals surface area contributed by atoms with Crippen molar-refractivity contribution >= 4 is 23.1 Å². The van der Waals surface area contributed by atoms with Gasteiger partial charge >= 0.3 is 0 Å². The van der Waals surface area contributed by atoms with E-state index in [1.807, 2.05) is 12.1 Å². The molecule has 2 rings (SSSR count). The molecule has 0 bridgehead atoms. The van der Waals surface area contributed by atoms with Crippen LogP contribution in [0.3, 0.4) is 0 Å². The van der Waals surface area contributed by atoms with Crippen molar-refractivity contribution in [1.82, 2.24) is 0 Å². The fraction of sp³-hybridized carbons (Fsp3) is 0.417. The second-order valence-corrected chi connectivity index (χ2v) is 4.46. The molecule has 0 amide bonds. The van der Waals surface area contributed by atoms with Crippen LogP contribution in [-0.4, -0.2) is 32.1 Å². The Hall–Kier alpha value is -1.26. The molecule has 17 heavy (non-hydrogen) atoms. The predicted octanol–water partition coefficient (Wildman–Crippen LogP) is 1.85. The monoisotopic (exact) mass is 253 g/mol. The van der Waals surface area contributed by atoms with Gasteiger partial charge in [-0.2, -0.15) is 0 Å². The van der Waals surface area contributed by atoms with Crippen LogP contribution in [0.5, 0.6) is 0 Å². The molecule has 1 saturated heterocycles. The molecule has 0 unspecified atom stereocenters. The highest BCUT2D eigenvalue weighted by atomic mass is 35.5. The smallest absolute Gasteiger partial charge is 0.124 e. The molecule has 0 spiro atoms. The van der Waals surface area contributed by atoms with E-state index in [4.69, 9.17) is 27.5 Å². The van der Waals surface area contributed by atoms with Crippen molar-refractivity contribution in [2.75, 3.05) is 31.2 Å². The van der Waals surface area contributed by atoms with E-state index in [1.165, 1.54) is 0 Å². The maximum Gasteiger partial charge on any atom is 0.124 e. The fourth-order valence-corrected chi connectivity index (χ4v) is 2.16. The lowest BCUT2D eigenvalue weighted by Crippen LogP contribution is -2.28. The summed E-state index contributed by atoms with van der Waals surface area (Å²) < 4.78 is 5.42. The summed E-state index contributed by atoms with van der Waals surface area (Å²) in [5.74, 6) is 0.0488. The van der Waals surface area contributed by atoms with Crippen LogP contribution < -0.4 is 10.6 Å². The Bertz CT molecular complexity index is 414. The number of ether oxygens (including phenoxy) is 1. The Kier molecular flexibility index (Phi) is 3.86. The number of hydrogen-bond acceptors (Lipinski definition) is 3. The summed E-state index contributed by atoms with van der Waals surface area (Å²) in [6.07, 6.45) is 0.986. The lowest BCUT2D eigenvalue weighted by atomic mass is 10.1. The van der Waals surface area contributed by atoms with Crippen LogP contribution in [0.25, 0.3) is 0 Å². The molecule has 0 aromatic heterocycles. The Labute approximate surface area is 106 Å². The van der Waals surface area contributed by atoms with Gasteiger partial charge in [0.05, 0.1) is 6.61 Å². The van der Waals surface area contributed by atoms with Gasteiger partial charge in [0.15, 0.2) is 0 Å². The van der Waals surface area contributed by atoms with Crippen LogP contribution in [0.1, 0.15) is 12.0 Å². The van der Waals surface area contributed by atoms with Crippen molar-refractivity contribution < 1.29 is 4.74 Å². The van der Waals surface area contributed by atoms with Crippen LogP contribution in [0.15, 0.2) is 18.2 Å². The molecule has 3 N–H and O–H groups in total. The predicted molar refractivity (Wildman–Crippen MR) is 70.1 cm³/mol. The first-order valence-electron chi connectivity index (χ1n) is 5.65. The minimum Gasteiger partial charge on any atom is -0.384 e. The van der Waals surface area contributed by atoms with E-state index in [9.17, 15) is 0 Å². The Morgan fingerprint density at radius 1 is 1.35 bits per heavy atom. The Balaban J connectivity index is 2.32. The molecule has 0 aliphatic carbocycles. The summed E-state index contributed by atoms with van der Waals surface area (Å²) in [7, 11) is 0. The highest BCUT2D eigenvalue weighted by molar-refractivity contribution is 6.31. The fourth-order valence-electron chi connectivity index (χ4n) is 1.99. The van der Waals surface area contributed by atoms with Crippen molar-refractivity contribution in [3.05, 3.63) is 28.8 Å². The molecule has 1 aliphatic rings. The van der Waals surface area contributed by atoms with E-state index in [0.29, 0.717) is 17.2 Å². The largest absolute Gasteiger partial charge is 0.384 e. The number of rotatable bonds is 2. The number of nitrogens with one attached hydrogen (secondary N) is 1. The minimum absolute atomic E-state index is 0.0488. The molecule has 1 aliphatic heterocycles. The van der Waals surface area contributed by atoms with E-state index in [-0.39, 0.29) is 5.84 Å². The standard InChI is InChI=1S/C12H16ClN3O/c13-9-2-3-11(10(8-9)12(14)15)16-4-1-6-17-7-5-16/h2-3,8H,1,4-7H2,(H3,14,15). The van der Waals surface area contributed by atoms with Crippen molar-refractivity contribution in [1.29, 1.82) is 5.41 Å². The van der Waals surface area contributed by atoms with Crippen LogP contribution in [0.2, 0.25) is 5.02 Å². The summed E-state index contributed by atoms with van der Waals surface area (Å²) in [6, 6.07) is 5.49. The third-order valence-corrected chi connectivity index (χ3v) is 3.05. The summed E-state index contributed by atoms with van der Waals surface area (Å²) in [4.78, 5) is 2.19. The number of nitrogen functional groups attached to an aromatic ring is 1. The number of nitrogens with two attached hydrogens (primary N) is 1. The lowest BCUT2D eigenvalue weighted by Gasteiger charge is -2.24. The van der Waals surface area contributed by atoms with E-state index in [1.54, 1.807) is 6.07 Å². The van der Waals surface area contributed by atoms with Gasteiger partial charge in [-0.25, -0.2) is 0 Å². The zero-order valence-corrected chi connectivity index (χ0v) is 10.3. The number of anilines is 1. The van der Waals surface area contributed by atoms with Crippen LogP contribution in [0, 0.1) is 5.41 Å². The molecule has 0 saturated carbocycles. The van der Waals surface area contributed by atoms with E-state index in [0.717, 1.165) is 31.8 Å². The summed E-state index contributed by atoms with van der Waals surface area (Å²) in [5.41, 5.74) is 7.25. The molecule has 0 atom stereocenters. The quantitative estimate of drug-likeness (QED) is 0.625. The summed E-state index contributed by atoms with van der Waals surface area (Å²) >= 11 is 5.94. The van der Waals surface area contributed by atoms with Gasteiger partial charge < -0.3 is 15.4 Å². The van der Waals surface area contributed by atoms with Crippen molar-refractivity contribution in [3.8, 4) is 0 Å². The van der Waals surface area contributed by atoms with Crippen molar-refractivity contribution in [3.63, 3.8) is 0 Å². The molecule has 1 fully saturated rings.